The van der Waals surface area contributed by atoms with E-state index in [1.807, 2.05) is 17.9 Å². The molecule has 29 heavy (non-hydrogen) atoms. The Morgan fingerprint density at radius 2 is 2.00 bits per heavy atom. The van der Waals surface area contributed by atoms with Gasteiger partial charge in [-0.25, -0.2) is 9.37 Å². The van der Waals surface area contributed by atoms with E-state index in [1.165, 1.54) is 16.7 Å². The van der Waals surface area contributed by atoms with Crippen LogP contribution in [0.5, 0.6) is 0 Å². The van der Waals surface area contributed by atoms with Gasteiger partial charge in [0.25, 0.3) is 5.56 Å². The molecule has 0 aliphatic carbocycles. The summed E-state index contributed by atoms with van der Waals surface area (Å²) in [6.45, 7) is 3.79. The van der Waals surface area contributed by atoms with Crippen LogP contribution in [0.3, 0.4) is 0 Å². The molecule has 3 heterocycles. The summed E-state index contributed by atoms with van der Waals surface area (Å²) in [5.41, 5.74) is 1.67. The molecule has 4 rings (SSSR count). The van der Waals surface area contributed by atoms with E-state index < -0.39 is 11.7 Å². The predicted molar refractivity (Wildman–Crippen MR) is 108 cm³/mol. The number of carbonyl (C=O) groups excluding carboxylic acids is 1. The summed E-state index contributed by atoms with van der Waals surface area (Å²) in [6.07, 6.45) is 0. The van der Waals surface area contributed by atoms with Gasteiger partial charge < -0.3 is 19.5 Å². The third-order valence-corrected chi connectivity index (χ3v) is 5.11. The highest BCUT2D eigenvalue weighted by molar-refractivity contribution is 5.91. The molecule has 8 nitrogen and oxygen atoms in total. The average molecular weight is 399 g/mol. The van der Waals surface area contributed by atoms with Crippen molar-refractivity contribution in [2.45, 2.75) is 13.5 Å². The second-order valence-corrected chi connectivity index (χ2v) is 7.01. The molecule has 1 aromatic carbocycles. The quantitative estimate of drug-likeness (QED) is 0.722. The van der Waals surface area contributed by atoms with Gasteiger partial charge in [0.05, 0.1) is 24.4 Å². The minimum Gasteiger partial charge on any atom is -0.378 e. The number of amides is 1. The van der Waals surface area contributed by atoms with E-state index in [1.54, 1.807) is 23.7 Å². The number of ether oxygens (including phenoxy) is 1. The molecule has 3 aromatic rings. The average Bonchev–Trinajstić information content (AvgIpc) is 3.00. The smallest absolute Gasteiger partial charge is 0.279 e. The van der Waals surface area contributed by atoms with Crippen molar-refractivity contribution in [2.75, 3.05) is 36.5 Å². The van der Waals surface area contributed by atoms with Gasteiger partial charge >= 0.3 is 0 Å². The van der Waals surface area contributed by atoms with E-state index in [4.69, 9.17) is 4.74 Å². The van der Waals surface area contributed by atoms with Crippen molar-refractivity contribution in [3.8, 4) is 0 Å². The van der Waals surface area contributed by atoms with E-state index in [2.05, 4.69) is 10.3 Å². The molecule has 1 aliphatic rings. The van der Waals surface area contributed by atoms with Crippen molar-refractivity contribution in [1.82, 2.24) is 14.1 Å². The Bertz CT molecular complexity index is 1130. The molecule has 0 saturated carbocycles. The third-order valence-electron chi connectivity index (χ3n) is 5.11. The van der Waals surface area contributed by atoms with Crippen LogP contribution in [0.1, 0.15) is 5.69 Å². The number of halogens is 1. The number of nitrogens with zero attached hydrogens (tertiary/aromatic N) is 4. The monoisotopic (exact) mass is 399 g/mol. The summed E-state index contributed by atoms with van der Waals surface area (Å²) in [5.74, 6) is -0.618. The topological polar surface area (TPSA) is 81.4 Å². The number of hydrogen-bond donors (Lipinski definition) is 1. The van der Waals surface area contributed by atoms with Crippen LogP contribution in [-0.2, 0) is 23.1 Å². The summed E-state index contributed by atoms with van der Waals surface area (Å²) >= 11 is 0. The first-order chi connectivity index (χ1) is 14.0. The molecule has 1 amide bonds. The summed E-state index contributed by atoms with van der Waals surface area (Å²) in [5, 5.41) is 2.53. The van der Waals surface area contributed by atoms with Gasteiger partial charge in [-0.3, -0.25) is 14.2 Å². The molecule has 1 fully saturated rings. The van der Waals surface area contributed by atoms with Gasteiger partial charge in [-0.05, 0) is 25.1 Å². The Morgan fingerprint density at radius 3 is 2.72 bits per heavy atom. The number of fused-ring (bicyclic) bond motifs is 1. The van der Waals surface area contributed by atoms with Crippen LogP contribution in [0.2, 0.25) is 0 Å². The highest BCUT2D eigenvalue weighted by Crippen LogP contribution is 2.19. The highest BCUT2D eigenvalue weighted by atomic mass is 19.1. The Kier molecular flexibility index (Phi) is 5.06. The number of hydrogen-bond acceptors (Lipinski definition) is 5. The lowest BCUT2D eigenvalue weighted by atomic mass is 10.3. The van der Waals surface area contributed by atoms with E-state index in [0.717, 1.165) is 5.69 Å². The van der Waals surface area contributed by atoms with Gasteiger partial charge in [-0.15, -0.1) is 0 Å². The molecule has 152 valence electrons. The van der Waals surface area contributed by atoms with Gasteiger partial charge in [-0.1, -0.05) is 12.1 Å². The van der Waals surface area contributed by atoms with Gasteiger partial charge in [-0.2, -0.15) is 0 Å². The lowest BCUT2D eigenvalue weighted by molar-refractivity contribution is -0.116. The number of benzene rings is 1. The Hall–Kier alpha value is -3.20. The number of aromatic nitrogens is 3. The molecule has 0 unspecified atom stereocenters. The zero-order valence-electron chi connectivity index (χ0n) is 16.3. The zero-order valence-corrected chi connectivity index (χ0v) is 16.3. The van der Waals surface area contributed by atoms with Crippen molar-refractivity contribution in [3.63, 3.8) is 0 Å². The van der Waals surface area contributed by atoms with Crippen molar-refractivity contribution in [1.29, 1.82) is 0 Å². The maximum absolute atomic E-state index is 13.9. The van der Waals surface area contributed by atoms with Crippen LogP contribution in [0.15, 0.2) is 35.1 Å². The fourth-order valence-corrected chi connectivity index (χ4v) is 3.48. The van der Waals surface area contributed by atoms with Crippen molar-refractivity contribution in [2.24, 2.45) is 7.05 Å². The Balaban J connectivity index is 1.75. The number of carbonyl (C=O) groups is 1. The van der Waals surface area contributed by atoms with Crippen LogP contribution in [0, 0.1) is 12.7 Å². The number of rotatable bonds is 4. The fourth-order valence-electron chi connectivity index (χ4n) is 3.48. The number of nitrogens with one attached hydrogen (secondary N) is 1. The molecular formula is C20H22FN5O3. The van der Waals surface area contributed by atoms with Crippen molar-refractivity contribution >= 4 is 28.6 Å². The van der Waals surface area contributed by atoms with Gasteiger partial charge in [0.15, 0.2) is 0 Å². The first kappa shape index (κ1) is 19.1. The zero-order chi connectivity index (χ0) is 20.5. The van der Waals surface area contributed by atoms with Crippen LogP contribution < -0.4 is 15.8 Å². The molecule has 9 heteroatoms. The molecule has 0 bridgehead atoms. The van der Waals surface area contributed by atoms with E-state index in [9.17, 15) is 14.0 Å². The molecule has 1 saturated heterocycles. The van der Waals surface area contributed by atoms with Crippen LogP contribution in [0.4, 0.5) is 16.0 Å². The van der Waals surface area contributed by atoms with E-state index >= 15 is 0 Å². The van der Waals surface area contributed by atoms with Gasteiger partial charge in [0.1, 0.15) is 17.9 Å². The van der Waals surface area contributed by atoms with Crippen molar-refractivity contribution < 1.29 is 13.9 Å². The molecule has 0 spiro atoms. The predicted octanol–water partition coefficient (Wildman–Crippen LogP) is 1.66. The van der Waals surface area contributed by atoms with Gasteiger partial charge in [0, 0.05) is 25.8 Å². The van der Waals surface area contributed by atoms with Crippen molar-refractivity contribution in [3.05, 3.63) is 52.2 Å². The Labute approximate surface area is 166 Å². The maximum Gasteiger partial charge on any atom is 0.279 e. The lowest BCUT2D eigenvalue weighted by Crippen LogP contribution is -2.42. The Morgan fingerprint density at radius 1 is 1.28 bits per heavy atom. The SMILES string of the molecule is Cc1cc2nc(N3CCOCC3)n(CC(=O)Nc3ccccc3F)c(=O)c2n1C. The van der Waals surface area contributed by atoms with E-state index in [0.29, 0.717) is 43.3 Å². The molecule has 2 aromatic heterocycles. The summed E-state index contributed by atoms with van der Waals surface area (Å²) in [4.78, 5) is 32.5. The fraction of sp³-hybridized carbons (Fsp3) is 0.350. The number of anilines is 2. The largest absolute Gasteiger partial charge is 0.378 e. The van der Waals surface area contributed by atoms with E-state index in [-0.39, 0.29) is 17.8 Å². The summed E-state index contributed by atoms with van der Waals surface area (Å²) < 4.78 is 22.4. The second kappa shape index (κ2) is 7.67. The first-order valence-corrected chi connectivity index (χ1v) is 9.39. The molecular weight excluding hydrogens is 377 g/mol. The minimum atomic E-state index is -0.534. The minimum absolute atomic E-state index is 0.0715. The molecule has 1 aliphatic heterocycles. The lowest BCUT2D eigenvalue weighted by Gasteiger charge is -2.29. The van der Waals surface area contributed by atoms with Gasteiger partial charge in [0.2, 0.25) is 11.9 Å². The summed E-state index contributed by atoms with van der Waals surface area (Å²) in [6, 6.07) is 7.76. The molecule has 0 radical (unpaired) electrons. The number of morpholine rings is 1. The molecule has 1 N–H and O–H groups in total. The third kappa shape index (κ3) is 3.61. The highest BCUT2D eigenvalue weighted by Gasteiger charge is 2.23. The normalized spacial score (nSPS) is 14.4. The summed E-state index contributed by atoms with van der Waals surface area (Å²) in [7, 11) is 1.79. The molecule has 0 atom stereocenters. The number of aryl methyl sites for hydroxylation is 2. The second-order valence-electron chi connectivity index (χ2n) is 7.01. The standard InChI is InChI=1S/C20H22FN5O3/c1-13-11-16-18(24(13)2)19(28)26(20(23-16)25-7-9-29-10-8-25)12-17(27)22-15-6-4-3-5-14(15)21/h3-6,11H,7-10,12H2,1-2H3,(H,22,27). The van der Waals surface area contributed by atoms with Crippen LogP contribution in [-0.4, -0.2) is 46.3 Å². The van der Waals surface area contributed by atoms with Crippen LogP contribution >= 0.6 is 0 Å². The number of para-hydroxylation sites is 1. The van der Waals surface area contributed by atoms with Crippen LogP contribution in [0.25, 0.3) is 11.0 Å². The maximum atomic E-state index is 13.9. The first-order valence-electron chi connectivity index (χ1n) is 9.39.